The minimum atomic E-state index is 0.252. The van der Waals surface area contributed by atoms with E-state index in [1.165, 1.54) is 6.42 Å². The topological polar surface area (TPSA) is 20.3 Å². The van der Waals surface area contributed by atoms with Crippen molar-refractivity contribution in [3.05, 3.63) is 0 Å². The first kappa shape index (κ1) is 5.27. The maximum absolute atomic E-state index is 10.7. The molecule has 0 bridgehead atoms. The van der Waals surface area contributed by atoms with Gasteiger partial charge in [0.2, 0.25) is 5.91 Å². The molecule has 1 amide bonds. The van der Waals surface area contributed by atoms with Crippen molar-refractivity contribution in [1.82, 2.24) is 4.90 Å². The highest BCUT2D eigenvalue weighted by Gasteiger charge is 2.45. The van der Waals surface area contributed by atoms with Gasteiger partial charge in [-0.05, 0) is 18.3 Å². The summed E-state index contributed by atoms with van der Waals surface area (Å²) in [5, 5.41) is 0. The molecule has 1 saturated carbocycles. The fourth-order valence-electron chi connectivity index (χ4n) is 1.66. The smallest absolute Gasteiger partial charge is 0.219 e. The van der Waals surface area contributed by atoms with Gasteiger partial charge in [-0.15, -0.1) is 0 Å². The summed E-state index contributed by atoms with van der Waals surface area (Å²) in [6, 6.07) is 0. The van der Waals surface area contributed by atoms with Crippen molar-refractivity contribution >= 4 is 5.91 Å². The largest absolute Gasteiger partial charge is 0.342 e. The van der Waals surface area contributed by atoms with E-state index < -0.39 is 0 Å². The number of carbonyl (C=O) groups excluding carboxylic acids is 1. The fraction of sp³-hybridized carbons (Fsp3) is 0.857. The molecule has 9 heavy (non-hydrogen) atoms. The molecule has 2 heteroatoms. The van der Waals surface area contributed by atoms with Crippen molar-refractivity contribution in [2.24, 2.45) is 11.8 Å². The molecule has 0 aromatic rings. The third-order valence-corrected chi connectivity index (χ3v) is 2.42. The second kappa shape index (κ2) is 1.49. The number of likely N-dealkylation sites (tertiary alicyclic amines) is 1. The Balaban J connectivity index is 1.97. The number of hydrogen-bond acceptors (Lipinski definition) is 1. The Labute approximate surface area is 54.8 Å². The van der Waals surface area contributed by atoms with Crippen LogP contribution in [0.15, 0.2) is 0 Å². The highest BCUT2D eigenvalue weighted by molar-refractivity contribution is 5.73. The van der Waals surface area contributed by atoms with Gasteiger partial charge in [0.15, 0.2) is 0 Å². The molecule has 1 heterocycles. The van der Waals surface area contributed by atoms with E-state index in [9.17, 15) is 4.79 Å². The lowest BCUT2D eigenvalue weighted by Crippen LogP contribution is -2.27. The molecule has 2 fully saturated rings. The van der Waals surface area contributed by atoms with Gasteiger partial charge in [0.1, 0.15) is 0 Å². The summed E-state index contributed by atoms with van der Waals surface area (Å²) in [5.74, 6) is 2.02. The normalized spacial score (nSPS) is 38.6. The number of piperidine rings is 1. The average Bonchev–Trinajstić information content (AvgIpc) is 2.40. The molecule has 0 aromatic carbocycles. The lowest BCUT2D eigenvalue weighted by Gasteiger charge is -2.14. The van der Waals surface area contributed by atoms with Gasteiger partial charge < -0.3 is 4.90 Å². The standard InChI is InChI=1S/C7H11NO/c1-5(9)8-3-6-2-7(6)4-8/h6-7H,2-4H2,1H3/t6-,7+. The molecule has 0 N–H and O–H groups in total. The summed E-state index contributed by atoms with van der Waals surface area (Å²) in [6.45, 7) is 3.74. The van der Waals surface area contributed by atoms with E-state index >= 15 is 0 Å². The summed E-state index contributed by atoms with van der Waals surface area (Å²) in [6.07, 6.45) is 1.38. The summed E-state index contributed by atoms with van der Waals surface area (Å²) < 4.78 is 0. The van der Waals surface area contributed by atoms with Crippen molar-refractivity contribution in [3.63, 3.8) is 0 Å². The predicted octanol–water partition coefficient (Wildman–Crippen LogP) is 0.485. The van der Waals surface area contributed by atoms with E-state index in [2.05, 4.69) is 0 Å². The number of carbonyl (C=O) groups is 1. The van der Waals surface area contributed by atoms with Gasteiger partial charge in [-0.2, -0.15) is 0 Å². The van der Waals surface area contributed by atoms with Crippen LogP contribution in [-0.4, -0.2) is 23.9 Å². The van der Waals surface area contributed by atoms with Crippen molar-refractivity contribution in [3.8, 4) is 0 Å². The molecule has 1 aliphatic heterocycles. The van der Waals surface area contributed by atoms with Gasteiger partial charge in [-0.1, -0.05) is 0 Å². The highest BCUT2D eigenvalue weighted by atomic mass is 16.2. The van der Waals surface area contributed by atoms with Crippen LogP contribution in [0.4, 0.5) is 0 Å². The molecule has 1 saturated heterocycles. The van der Waals surface area contributed by atoms with Gasteiger partial charge in [0.25, 0.3) is 0 Å². The first-order valence-corrected chi connectivity index (χ1v) is 3.53. The third kappa shape index (κ3) is 0.732. The number of nitrogens with zero attached hydrogens (tertiary/aromatic N) is 1. The molecule has 50 valence electrons. The summed E-state index contributed by atoms with van der Waals surface area (Å²) >= 11 is 0. The van der Waals surface area contributed by atoms with E-state index in [1.54, 1.807) is 6.92 Å². The Bertz CT molecular complexity index is 145. The van der Waals surface area contributed by atoms with Gasteiger partial charge in [-0.25, -0.2) is 0 Å². The Morgan fingerprint density at radius 2 is 2.00 bits per heavy atom. The van der Waals surface area contributed by atoms with Gasteiger partial charge in [0, 0.05) is 20.0 Å². The molecular formula is C7H11NO. The lowest BCUT2D eigenvalue weighted by atomic mass is 10.4. The Morgan fingerprint density at radius 1 is 1.44 bits per heavy atom. The zero-order valence-corrected chi connectivity index (χ0v) is 5.63. The molecule has 2 aliphatic rings. The van der Waals surface area contributed by atoms with Crippen LogP contribution in [0.3, 0.4) is 0 Å². The zero-order chi connectivity index (χ0) is 6.43. The van der Waals surface area contributed by atoms with Crippen molar-refractivity contribution in [2.75, 3.05) is 13.1 Å². The Kier molecular flexibility index (Phi) is 0.875. The van der Waals surface area contributed by atoms with E-state index in [4.69, 9.17) is 0 Å². The molecule has 0 spiro atoms. The lowest BCUT2D eigenvalue weighted by molar-refractivity contribution is -0.128. The van der Waals surface area contributed by atoms with Crippen LogP contribution in [0.1, 0.15) is 13.3 Å². The van der Waals surface area contributed by atoms with Gasteiger partial charge in [0.05, 0.1) is 0 Å². The van der Waals surface area contributed by atoms with Crippen LogP contribution < -0.4 is 0 Å². The van der Waals surface area contributed by atoms with Crippen LogP contribution in [0.25, 0.3) is 0 Å². The van der Waals surface area contributed by atoms with E-state index in [1.807, 2.05) is 4.90 Å². The molecule has 0 aromatic heterocycles. The van der Waals surface area contributed by atoms with Crippen LogP contribution in [-0.2, 0) is 4.79 Å². The van der Waals surface area contributed by atoms with Gasteiger partial charge >= 0.3 is 0 Å². The van der Waals surface area contributed by atoms with Crippen LogP contribution in [0, 0.1) is 11.8 Å². The Morgan fingerprint density at radius 3 is 2.33 bits per heavy atom. The number of rotatable bonds is 0. The maximum Gasteiger partial charge on any atom is 0.219 e. The van der Waals surface area contributed by atoms with Crippen LogP contribution in [0.5, 0.6) is 0 Å². The second-order valence-electron chi connectivity index (χ2n) is 3.18. The fourth-order valence-corrected chi connectivity index (χ4v) is 1.66. The zero-order valence-electron chi connectivity index (χ0n) is 5.63. The van der Waals surface area contributed by atoms with Crippen molar-refractivity contribution in [1.29, 1.82) is 0 Å². The molecule has 2 rings (SSSR count). The molecule has 0 unspecified atom stereocenters. The number of hydrogen-bond donors (Lipinski definition) is 0. The van der Waals surface area contributed by atoms with Gasteiger partial charge in [-0.3, -0.25) is 4.79 Å². The molecular weight excluding hydrogens is 114 g/mol. The summed E-state index contributed by atoms with van der Waals surface area (Å²) in [5.41, 5.74) is 0. The van der Waals surface area contributed by atoms with Crippen molar-refractivity contribution < 1.29 is 4.79 Å². The number of fused-ring (bicyclic) bond motifs is 1. The monoisotopic (exact) mass is 125 g/mol. The molecule has 1 aliphatic carbocycles. The quantitative estimate of drug-likeness (QED) is 0.461. The molecule has 0 radical (unpaired) electrons. The highest BCUT2D eigenvalue weighted by Crippen LogP contribution is 2.44. The second-order valence-corrected chi connectivity index (χ2v) is 3.18. The minimum absolute atomic E-state index is 0.252. The number of amides is 1. The average molecular weight is 125 g/mol. The molecule has 2 atom stereocenters. The van der Waals surface area contributed by atoms with E-state index in [-0.39, 0.29) is 5.91 Å². The van der Waals surface area contributed by atoms with Crippen LogP contribution in [0.2, 0.25) is 0 Å². The third-order valence-electron chi connectivity index (χ3n) is 2.42. The SMILES string of the molecule is CC(=O)N1C[C@H]2C[C@H]2C1. The summed E-state index contributed by atoms with van der Waals surface area (Å²) in [7, 11) is 0. The first-order chi connectivity index (χ1) is 4.27. The maximum atomic E-state index is 10.7. The Hall–Kier alpha value is -0.530. The molecule has 2 nitrogen and oxygen atoms in total. The first-order valence-electron chi connectivity index (χ1n) is 3.53. The summed E-state index contributed by atoms with van der Waals surface area (Å²) in [4.78, 5) is 12.7. The minimum Gasteiger partial charge on any atom is -0.342 e. The van der Waals surface area contributed by atoms with Crippen molar-refractivity contribution in [2.45, 2.75) is 13.3 Å². The predicted molar refractivity (Wildman–Crippen MR) is 33.9 cm³/mol. The van der Waals surface area contributed by atoms with E-state index in [0.717, 1.165) is 24.9 Å². The van der Waals surface area contributed by atoms with Crippen LogP contribution >= 0.6 is 0 Å². The van der Waals surface area contributed by atoms with E-state index in [0.29, 0.717) is 0 Å².